The van der Waals surface area contributed by atoms with E-state index in [4.69, 9.17) is 11.5 Å². The minimum atomic E-state index is 0.690. The zero-order valence-corrected chi connectivity index (χ0v) is 14.8. The molecule has 2 rings (SSSR count). The third kappa shape index (κ3) is 5.31. The quantitative estimate of drug-likeness (QED) is 0.719. The molecule has 0 bridgehead atoms. The molecule has 0 radical (unpaired) electrons. The molecule has 6 heteroatoms. The molecule has 0 saturated heterocycles. The number of rotatable bonds is 8. The molecule has 2 aromatic rings. The second-order valence-electron chi connectivity index (χ2n) is 6.19. The summed E-state index contributed by atoms with van der Waals surface area (Å²) in [5.41, 5.74) is 14.1. The molecule has 0 aliphatic carbocycles. The van der Waals surface area contributed by atoms with E-state index in [1.54, 1.807) is 6.20 Å². The molecule has 4 N–H and O–H groups in total. The van der Waals surface area contributed by atoms with Crippen molar-refractivity contribution in [3.63, 3.8) is 0 Å². The summed E-state index contributed by atoms with van der Waals surface area (Å²) < 4.78 is 0. The fourth-order valence-electron chi connectivity index (χ4n) is 2.35. The van der Waals surface area contributed by atoms with E-state index in [-0.39, 0.29) is 0 Å². The highest BCUT2D eigenvalue weighted by Crippen LogP contribution is 2.14. The number of pyridine rings is 1. The molecule has 0 fully saturated rings. The largest absolute Gasteiger partial charge is 0.399 e. The number of likely N-dealkylation sites (N-methyl/N-ethyl adjacent to an activating group) is 3. The Bertz CT molecular complexity index is 555. The molecule has 0 unspecified atom stereocenters. The third-order valence-electron chi connectivity index (χ3n) is 4.13. The van der Waals surface area contributed by atoms with E-state index < -0.39 is 0 Å². The number of aromatic nitrogens is 1. The molecule has 0 atom stereocenters. The van der Waals surface area contributed by atoms with Crippen LogP contribution < -0.4 is 21.3 Å². The normalized spacial score (nSPS) is 10.8. The highest BCUT2D eigenvalue weighted by Gasteiger charge is 2.06. The van der Waals surface area contributed by atoms with E-state index in [0.29, 0.717) is 5.69 Å². The molecule has 0 saturated carbocycles. The molecule has 130 valence electrons. The van der Waals surface area contributed by atoms with Gasteiger partial charge >= 0.3 is 0 Å². The third-order valence-corrected chi connectivity index (χ3v) is 4.13. The van der Waals surface area contributed by atoms with Crippen molar-refractivity contribution < 1.29 is 0 Å². The summed E-state index contributed by atoms with van der Waals surface area (Å²) in [6, 6.07) is 11.8. The number of hydrogen-bond donors (Lipinski definition) is 2. The number of hydrogen-bond acceptors (Lipinski definition) is 6. The summed E-state index contributed by atoms with van der Waals surface area (Å²) in [6.45, 7) is 3.84. The molecule has 0 aliphatic rings. The SMILES string of the molecule is CN(CCN(C)c1ccc(N)cc1)CCN(C)c1ccc(N)cn1. The smallest absolute Gasteiger partial charge is 0.128 e. The van der Waals surface area contributed by atoms with E-state index in [9.17, 15) is 0 Å². The zero-order chi connectivity index (χ0) is 17.5. The number of nitrogens with two attached hydrogens (primary N) is 2. The van der Waals surface area contributed by atoms with Gasteiger partial charge in [0.05, 0.1) is 11.9 Å². The van der Waals surface area contributed by atoms with Crippen LogP contribution in [0.25, 0.3) is 0 Å². The lowest BCUT2D eigenvalue weighted by atomic mass is 10.2. The van der Waals surface area contributed by atoms with Crippen LogP contribution in [0.1, 0.15) is 0 Å². The van der Waals surface area contributed by atoms with Crippen molar-refractivity contribution in [3.05, 3.63) is 42.6 Å². The lowest BCUT2D eigenvalue weighted by Gasteiger charge is -2.26. The van der Waals surface area contributed by atoms with Gasteiger partial charge in [0.1, 0.15) is 5.82 Å². The van der Waals surface area contributed by atoms with Crippen molar-refractivity contribution in [2.24, 2.45) is 0 Å². The Morgan fingerprint density at radius 3 is 1.92 bits per heavy atom. The predicted molar refractivity (Wildman–Crippen MR) is 104 cm³/mol. The van der Waals surface area contributed by atoms with Gasteiger partial charge in [-0.1, -0.05) is 0 Å². The predicted octanol–water partition coefficient (Wildman–Crippen LogP) is 1.75. The van der Waals surface area contributed by atoms with Crippen molar-refractivity contribution in [2.75, 3.05) is 68.6 Å². The average molecular weight is 328 g/mol. The average Bonchev–Trinajstić information content (AvgIpc) is 2.58. The number of nitrogen functional groups attached to an aromatic ring is 2. The van der Waals surface area contributed by atoms with Gasteiger partial charge in [0.25, 0.3) is 0 Å². The zero-order valence-electron chi connectivity index (χ0n) is 14.8. The van der Waals surface area contributed by atoms with Crippen LogP contribution in [0.2, 0.25) is 0 Å². The van der Waals surface area contributed by atoms with Gasteiger partial charge in [-0.05, 0) is 43.4 Å². The van der Waals surface area contributed by atoms with E-state index in [1.807, 2.05) is 31.3 Å². The Morgan fingerprint density at radius 2 is 1.33 bits per heavy atom. The van der Waals surface area contributed by atoms with Crippen molar-refractivity contribution in [1.29, 1.82) is 0 Å². The molecule has 0 spiro atoms. The number of anilines is 4. The summed E-state index contributed by atoms with van der Waals surface area (Å²) in [7, 11) is 6.29. The number of nitrogens with zero attached hydrogens (tertiary/aromatic N) is 4. The minimum Gasteiger partial charge on any atom is -0.399 e. The molecule has 24 heavy (non-hydrogen) atoms. The van der Waals surface area contributed by atoms with Crippen LogP contribution in [-0.4, -0.2) is 57.2 Å². The minimum absolute atomic E-state index is 0.690. The second kappa shape index (κ2) is 8.40. The standard InChI is InChI=1S/C18H28N6/c1-22(10-12-23(2)17-7-4-15(19)5-8-17)11-13-24(3)18-9-6-16(20)14-21-18/h4-9,14H,10-13,19-20H2,1-3H3. The van der Waals surface area contributed by atoms with E-state index in [2.05, 4.69) is 45.9 Å². The first-order valence-electron chi connectivity index (χ1n) is 8.13. The van der Waals surface area contributed by atoms with Crippen LogP contribution in [0.5, 0.6) is 0 Å². The first-order valence-corrected chi connectivity index (χ1v) is 8.13. The topological polar surface area (TPSA) is 74.7 Å². The Balaban J connectivity index is 1.73. The van der Waals surface area contributed by atoms with Crippen LogP contribution in [-0.2, 0) is 0 Å². The molecule has 1 aromatic carbocycles. The van der Waals surface area contributed by atoms with Gasteiger partial charge in [-0.3, -0.25) is 0 Å². The lowest BCUT2D eigenvalue weighted by Crippen LogP contribution is -2.36. The second-order valence-corrected chi connectivity index (χ2v) is 6.19. The summed E-state index contributed by atoms with van der Waals surface area (Å²) in [4.78, 5) is 11.0. The van der Waals surface area contributed by atoms with E-state index in [0.717, 1.165) is 37.7 Å². The van der Waals surface area contributed by atoms with Gasteiger partial charge in [0, 0.05) is 51.6 Å². The van der Waals surface area contributed by atoms with Crippen LogP contribution in [0.15, 0.2) is 42.6 Å². The summed E-state index contributed by atoms with van der Waals surface area (Å²) in [5, 5.41) is 0. The Hall–Kier alpha value is -2.47. The molecule has 1 aromatic heterocycles. The molecule has 1 heterocycles. The monoisotopic (exact) mass is 328 g/mol. The molecule has 0 amide bonds. The molecule has 0 aliphatic heterocycles. The Kier molecular flexibility index (Phi) is 6.26. The maximum Gasteiger partial charge on any atom is 0.128 e. The van der Waals surface area contributed by atoms with Crippen LogP contribution in [0.4, 0.5) is 22.9 Å². The maximum atomic E-state index is 5.73. The Morgan fingerprint density at radius 1 is 0.750 bits per heavy atom. The molecular weight excluding hydrogens is 300 g/mol. The van der Waals surface area contributed by atoms with E-state index >= 15 is 0 Å². The van der Waals surface area contributed by atoms with Gasteiger partial charge < -0.3 is 26.2 Å². The van der Waals surface area contributed by atoms with Gasteiger partial charge in [-0.15, -0.1) is 0 Å². The van der Waals surface area contributed by atoms with Gasteiger partial charge in [0.2, 0.25) is 0 Å². The fourth-order valence-corrected chi connectivity index (χ4v) is 2.35. The summed E-state index contributed by atoms with van der Waals surface area (Å²) in [6.07, 6.45) is 1.69. The highest BCUT2D eigenvalue weighted by atomic mass is 15.2. The van der Waals surface area contributed by atoms with Crippen molar-refractivity contribution in [1.82, 2.24) is 9.88 Å². The first kappa shape index (κ1) is 17.9. The fraction of sp³-hybridized carbons (Fsp3) is 0.389. The van der Waals surface area contributed by atoms with Crippen LogP contribution in [0, 0.1) is 0 Å². The van der Waals surface area contributed by atoms with Crippen molar-refractivity contribution in [2.45, 2.75) is 0 Å². The lowest BCUT2D eigenvalue weighted by molar-refractivity contribution is 0.348. The highest BCUT2D eigenvalue weighted by molar-refractivity contribution is 5.52. The van der Waals surface area contributed by atoms with Gasteiger partial charge in [-0.2, -0.15) is 0 Å². The summed E-state index contributed by atoms with van der Waals surface area (Å²) in [5.74, 6) is 0.941. The van der Waals surface area contributed by atoms with Gasteiger partial charge in [-0.25, -0.2) is 4.98 Å². The van der Waals surface area contributed by atoms with Gasteiger partial charge in [0.15, 0.2) is 0 Å². The van der Waals surface area contributed by atoms with Crippen molar-refractivity contribution >= 4 is 22.9 Å². The van der Waals surface area contributed by atoms with Crippen LogP contribution in [0.3, 0.4) is 0 Å². The first-order chi connectivity index (χ1) is 11.5. The van der Waals surface area contributed by atoms with E-state index in [1.165, 1.54) is 5.69 Å². The maximum absolute atomic E-state index is 5.73. The number of benzene rings is 1. The molecular formula is C18H28N6. The molecule has 6 nitrogen and oxygen atoms in total. The van der Waals surface area contributed by atoms with Crippen molar-refractivity contribution in [3.8, 4) is 0 Å². The van der Waals surface area contributed by atoms with Crippen LogP contribution >= 0.6 is 0 Å². The summed E-state index contributed by atoms with van der Waals surface area (Å²) >= 11 is 0. The Labute approximate surface area is 144 Å².